The Hall–Kier alpha value is -2.71. The number of sulfonamides is 1. The van der Waals surface area contributed by atoms with Crippen molar-refractivity contribution in [3.05, 3.63) is 54.1 Å². The Bertz CT molecular complexity index is 907. The molecule has 0 atom stereocenters. The first kappa shape index (κ1) is 16.2. The number of nitrogens with two attached hydrogens (primary N) is 1. The van der Waals surface area contributed by atoms with Crippen molar-refractivity contribution < 1.29 is 18.0 Å². The molecular weight excluding hydrogens is 330 g/mol. The molecule has 0 fully saturated rings. The van der Waals surface area contributed by atoms with Crippen molar-refractivity contribution in [2.45, 2.75) is 11.3 Å². The Morgan fingerprint density at radius 1 is 1.04 bits per heavy atom. The lowest BCUT2D eigenvalue weighted by atomic mass is 10.2. The molecule has 1 aliphatic heterocycles. The van der Waals surface area contributed by atoms with Crippen LogP contribution in [0.1, 0.15) is 5.56 Å². The average Bonchev–Trinajstić information content (AvgIpc) is 2.97. The highest BCUT2D eigenvalue weighted by atomic mass is 32.2. The quantitative estimate of drug-likeness (QED) is 0.787. The lowest BCUT2D eigenvalue weighted by Crippen LogP contribution is -2.38. The van der Waals surface area contributed by atoms with Gasteiger partial charge in [0, 0.05) is 17.9 Å². The van der Waals surface area contributed by atoms with E-state index in [4.69, 9.17) is 5.14 Å². The molecule has 124 valence electrons. The highest BCUT2D eigenvalue weighted by Crippen LogP contribution is 2.27. The van der Waals surface area contributed by atoms with E-state index in [2.05, 4.69) is 5.32 Å². The Morgan fingerprint density at radius 3 is 2.38 bits per heavy atom. The van der Waals surface area contributed by atoms with E-state index in [-0.39, 0.29) is 4.90 Å². The molecule has 0 saturated carbocycles. The van der Waals surface area contributed by atoms with E-state index in [0.717, 1.165) is 11.3 Å². The molecule has 2 amide bonds. The van der Waals surface area contributed by atoms with Gasteiger partial charge in [-0.2, -0.15) is 0 Å². The van der Waals surface area contributed by atoms with Crippen molar-refractivity contribution in [2.75, 3.05) is 16.8 Å². The topological polar surface area (TPSA) is 110 Å². The third-order valence-corrected chi connectivity index (χ3v) is 4.70. The van der Waals surface area contributed by atoms with Crippen LogP contribution < -0.4 is 15.4 Å². The summed E-state index contributed by atoms with van der Waals surface area (Å²) in [6.45, 7) is 0.454. The number of carbonyl (C=O) groups is 2. The van der Waals surface area contributed by atoms with Gasteiger partial charge in [-0.15, -0.1) is 0 Å². The van der Waals surface area contributed by atoms with Crippen molar-refractivity contribution in [2.24, 2.45) is 5.14 Å². The Kier molecular flexibility index (Phi) is 4.08. The molecule has 1 heterocycles. The van der Waals surface area contributed by atoms with Gasteiger partial charge in [-0.05, 0) is 42.3 Å². The highest BCUT2D eigenvalue weighted by molar-refractivity contribution is 7.89. The van der Waals surface area contributed by atoms with Gasteiger partial charge in [-0.25, -0.2) is 13.6 Å². The third-order valence-electron chi connectivity index (χ3n) is 3.77. The molecule has 0 radical (unpaired) electrons. The first-order valence-corrected chi connectivity index (χ1v) is 8.74. The van der Waals surface area contributed by atoms with Gasteiger partial charge in [0.15, 0.2) is 0 Å². The summed E-state index contributed by atoms with van der Waals surface area (Å²) in [6.07, 6.45) is 0.707. The van der Waals surface area contributed by atoms with E-state index in [1.807, 2.05) is 18.2 Å². The van der Waals surface area contributed by atoms with Crippen molar-refractivity contribution in [1.82, 2.24) is 0 Å². The van der Waals surface area contributed by atoms with Crippen LogP contribution in [0.4, 0.5) is 11.4 Å². The zero-order valence-corrected chi connectivity index (χ0v) is 13.4. The molecule has 3 rings (SSSR count). The minimum atomic E-state index is -3.80. The predicted octanol–water partition coefficient (Wildman–Crippen LogP) is 0.862. The van der Waals surface area contributed by atoms with Crippen LogP contribution in [0, 0.1) is 0 Å². The maximum absolute atomic E-state index is 12.3. The molecule has 7 nitrogen and oxygen atoms in total. The van der Waals surface area contributed by atoms with Crippen molar-refractivity contribution >= 4 is 33.2 Å². The number of nitrogens with one attached hydrogen (secondary N) is 1. The molecule has 0 bridgehead atoms. The Morgan fingerprint density at radius 2 is 1.71 bits per heavy atom. The van der Waals surface area contributed by atoms with Crippen LogP contribution in [0.2, 0.25) is 0 Å². The molecule has 3 N–H and O–H groups in total. The van der Waals surface area contributed by atoms with Crippen LogP contribution in [0.25, 0.3) is 0 Å². The second-order valence-corrected chi connectivity index (χ2v) is 6.92. The molecule has 0 spiro atoms. The number of nitrogens with zero attached hydrogens (tertiary/aromatic N) is 1. The monoisotopic (exact) mass is 345 g/mol. The average molecular weight is 345 g/mol. The summed E-state index contributed by atoms with van der Waals surface area (Å²) in [6, 6.07) is 12.7. The standard InChI is InChI=1S/C16H15N3O4S/c17-24(22,23)13-7-5-12(6-8-13)18-15(20)16(21)19-10-9-11-3-1-2-4-14(11)19/h1-8H,9-10H2,(H,18,20)(H2,17,22,23). The van der Waals surface area contributed by atoms with Gasteiger partial charge in [0.05, 0.1) is 4.90 Å². The molecular formula is C16H15N3O4S. The van der Waals surface area contributed by atoms with Gasteiger partial charge >= 0.3 is 11.8 Å². The second kappa shape index (κ2) is 6.06. The summed E-state index contributed by atoms with van der Waals surface area (Å²) in [5.74, 6) is -1.44. The summed E-state index contributed by atoms with van der Waals surface area (Å²) in [5.41, 5.74) is 2.08. The van der Waals surface area contributed by atoms with E-state index >= 15 is 0 Å². The van der Waals surface area contributed by atoms with Crippen LogP contribution in [0.5, 0.6) is 0 Å². The van der Waals surface area contributed by atoms with Crippen molar-refractivity contribution in [1.29, 1.82) is 0 Å². The SMILES string of the molecule is NS(=O)(=O)c1ccc(NC(=O)C(=O)N2CCc3ccccc32)cc1. The normalized spacial score (nSPS) is 13.5. The van der Waals surface area contributed by atoms with E-state index in [9.17, 15) is 18.0 Å². The van der Waals surface area contributed by atoms with Gasteiger partial charge in [-0.1, -0.05) is 18.2 Å². The lowest BCUT2D eigenvalue weighted by molar-refractivity contribution is -0.134. The maximum Gasteiger partial charge on any atom is 0.316 e. The number of anilines is 2. The largest absolute Gasteiger partial charge is 0.318 e. The first-order valence-electron chi connectivity index (χ1n) is 7.20. The van der Waals surface area contributed by atoms with Crippen LogP contribution in [0.3, 0.4) is 0 Å². The van der Waals surface area contributed by atoms with Gasteiger partial charge in [0.2, 0.25) is 10.0 Å². The fourth-order valence-corrected chi connectivity index (χ4v) is 3.10. The first-order chi connectivity index (χ1) is 11.4. The molecule has 0 saturated heterocycles. The molecule has 0 aliphatic carbocycles. The fraction of sp³-hybridized carbons (Fsp3) is 0.125. The molecule has 8 heteroatoms. The van der Waals surface area contributed by atoms with E-state index < -0.39 is 21.8 Å². The summed E-state index contributed by atoms with van der Waals surface area (Å²) in [4.78, 5) is 25.8. The number of primary sulfonamides is 1. The Labute approximate surface area is 139 Å². The minimum Gasteiger partial charge on any atom is -0.318 e. The van der Waals surface area contributed by atoms with E-state index in [1.165, 1.54) is 29.2 Å². The van der Waals surface area contributed by atoms with Crippen LogP contribution >= 0.6 is 0 Å². The number of para-hydroxylation sites is 1. The van der Waals surface area contributed by atoms with E-state index in [0.29, 0.717) is 18.7 Å². The van der Waals surface area contributed by atoms with Crippen molar-refractivity contribution in [3.63, 3.8) is 0 Å². The lowest BCUT2D eigenvalue weighted by Gasteiger charge is -2.16. The summed E-state index contributed by atoms with van der Waals surface area (Å²) >= 11 is 0. The van der Waals surface area contributed by atoms with Crippen LogP contribution in [-0.2, 0) is 26.0 Å². The van der Waals surface area contributed by atoms with Crippen molar-refractivity contribution in [3.8, 4) is 0 Å². The zero-order chi connectivity index (χ0) is 17.3. The minimum absolute atomic E-state index is 0.0692. The number of carbonyl (C=O) groups excluding carboxylic acids is 2. The third kappa shape index (κ3) is 3.15. The number of hydrogen-bond donors (Lipinski definition) is 2. The van der Waals surface area contributed by atoms with Crippen LogP contribution in [0.15, 0.2) is 53.4 Å². The Balaban J connectivity index is 1.73. The summed E-state index contributed by atoms with van der Waals surface area (Å²) in [5, 5.41) is 7.47. The number of benzene rings is 2. The molecule has 24 heavy (non-hydrogen) atoms. The summed E-state index contributed by atoms with van der Waals surface area (Å²) < 4.78 is 22.4. The number of amides is 2. The molecule has 2 aromatic rings. The molecule has 0 aromatic heterocycles. The highest BCUT2D eigenvalue weighted by Gasteiger charge is 2.28. The maximum atomic E-state index is 12.3. The van der Waals surface area contributed by atoms with E-state index in [1.54, 1.807) is 6.07 Å². The smallest absolute Gasteiger partial charge is 0.316 e. The fourth-order valence-electron chi connectivity index (χ4n) is 2.58. The van der Waals surface area contributed by atoms with Gasteiger partial charge in [0.25, 0.3) is 0 Å². The van der Waals surface area contributed by atoms with Crippen LogP contribution in [-0.4, -0.2) is 26.8 Å². The predicted molar refractivity (Wildman–Crippen MR) is 88.9 cm³/mol. The van der Waals surface area contributed by atoms with Gasteiger partial charge < -0.3 is 10.2 Å². The summed E-state index contributed by atoms with van der Waals surface area (Å²) in [7, 11) is -3.80. The second-order valence-electron chi connectivity index (χ2n) is 5.36. The number of rotatable bonds is 2. The molecule has 2 aromatic carbocycles. The molecule has 0 unspecified atom stereocenters. The zero-order valence-electron chi connectivity index (χ0n) is 12.6. The van der Waals surface area contributed by atoms with Gasteiger partial charge in [0.1, 0.15) is 0 Å². The molecule has 1 aliphatic rings. The number of hydrogen-bond acceptors (Lipinski definition) is 4. The number of fused-ring (bicyclic) bond motifs is 1. The van der Waals surface area contributed by atoms with Gasteiger partial charge in [-0.3, -0.25) is 9.59 Å².